The molecule has 0 fully saturated rings. The fraction of sp³-hybridized carbons (Fsp3) is 0.615. The van der Waals surface area contributed by atoms with Gasteiger partial charge in [0.1, 0.15) is 0 Å². The highest BCUT2D eigenvalue weighted by molar-refractivity contribution is 7.85. The van der Waals surface area contributed by atoms with Crippen LogP contribution in [0.3, 0.4) is 0 Å². The highest BCUT2D eigenvalue weighted by atomic mass is 32.2. The number of aliphatic hydroxyl groups is 1. The van der Waals surface area contributed by atoms with Crippen molar-refractivity contribution in [2.45, 2.75) is 148 Å². The molecule has 0 aromatic rings. The van der Waals surface area contributed by atoms with Crippen molar-refractivity contribution in [3.8, 4) is 0 Å². The van der Waals surface area contributed by atoms with E-state index in [0.717, 1.165) is 77.0 Å². The van der Waals surface area contributed by atoms with Gasteiger partial charge in [0.2, 0.25) is 5.91 Å². The Hall–Kier alpha value is -2.48. The first-order chi connectivity index (χ1) is 22.3. The first kappa shape index (κ1) is 43.5. The smallest absolute Gasteiger partial charge is 0.267 e. The number of amides is 1. The topological polar surface area (TPSA) is 104 Å². The Bertz CT molecular complexity index is 1040. The van der Waals surface area contributed by atoms with E-state index in [-0.39, 0.29) is 12.3 Å². The van der Waals surface area contributed by atoms with E-state index in [0.29, 0.717) is 12.8 Å². The minimum absolute atomic E-state index is 0.260. The van der Waals surface area contributed by atoms with Crippen LogP contribution < -0.4 is 5.32 Å². The molecule has 0 aromatic carbocycles. The van der Waals surface area contributed by atoms with Crippen molar-refractivity contribution in [1.29, 1.82) is 0 Å². The molecule has 2 atom stereocenters. The maximum absolute atomic E-state index is 12.4. The van der Waals surface area contributed by atoms with Crippen molar-refractivity contribution in [3.05, 3.63) is 85.1 Å². The summed E-state index contributed by atoms with van der Waals surface area (Å²) in [5.41, 5.74) is 0. The van der Waals surface area contributed by atoms with Gasteiger partial charge in [0.05, 0.1) is 17.9 Å². The molecule has 0 spiro atoms. The van der Waals surface area contributed by atoms with E-state index >= 15 is 0 Å². The Balaban J connectivity index is 4.06. The molecule has 0 saturated carbocycles. The van der Waals surface area contributed by atoms with Gasteiger partial charge in [-0.1, -0.05) is 137 Å². The molecule has 0 bridgehead atoms. The third kappa shape index (κ3) is 32.9. The van der Waals surface area contributed by atoms with E-state index in [1.807, 2.05) is 0 Å². The summed E-state index contributed by atoms with van der Waals surface area (Å²) in [7, 11) is -4.36. The number of rotatable bonds is 30. The second-order valence-corrected chi connectivity index (χ2v) is 13.3. The van der Waals surface area contributed by atoms with Gasteiger partial charge in [-0.05, 0) is 77.0 Å². The Morgan fingerprint density at radius 1 is 0.609 bits per heavy atom. The number of hydrogen-bond acceptors (Lipinski definition) is 4. The monoisotopic (exact) mass is 659 g/mol. The zero-order chi connectivity index (χ0) is 34.0. The number of hydrogen-bond donors (Lipinski definition) is 3. The molecule has 2 unspecified atom stereocenters. The van der Waals surface area contributed by atoms with E-state index < -0.39 is 28.0 Å². The van der Waals surface area contributed by atoms with Crippen LogP contribution in [0.5, 0.6) is 0 Å². The molecule has 3 N–H and O–H groups in total. The summed E-state index contributed by atoms with van der Waals surface area (Å²) < 4.78 is 32.3. The van der Waals surface area contributed by atoms with Crippen molar-refractivity contribution in [2.75, 3.05) is 5.75 Å². The maximum atomic E-state index is 12.4. The van der Waals surface area contributed by atoms with Crippen LogP contribution in [-0.4, -0.2) is 41.9 Å². The van der Waals surface area contributed by atoms with E-state index in [1.165, 1.54) is 31.8 Å². The average Bonchev–Trinajstić information content (AvgIpc) is 3.01. The summed E-state index contributed by atoms with van der Waals surface area (Å²) in [5, 5.41) is 13.1. The first-order valence-corrected chi connectivity index (χ1v) is 19.4. The molecule has 0 heterocycles. The van der Waals surface area contributed by atoms with Gasteiger partial charge in [-0.2, -0.15) is 8.42 Å². The molecular formula is C39H65NO5S. The van der Waals surface area contributed by atoms with Crippen molar-refractivity contribution in [1.82, 2.24) is 5.32 Å². The number of unbranched alkanes of at least 4 members (excludes halogenated alkanes) is 10. The van der Waals surface area contributed by atoms with Crippen molar-refractivity contribution < 1.29 is 22.9 Å². The molecule has 0 aliphatic heterocycles. The zero-order valence-electron chi connectivity index (χ0n) is 28.9. The Kier molecular flexibility index (Phi) is 30.7. The highest BCUT2D eigenvalue weighted by Crippen LogP contribution is 2.10. The van der Waals surface area contributed by atoms with Crippen LogP contribution in [0, 0.1) is 0 Å². The average molecular weight is 660 g/mol. The third-order valence-corrected chi connectivity index (χ3v) is 8.09. The molecule has 0 aliphatic rings. The fourth-order valence-corrected chi connectivity index (χ4v) is 5.40. The molecular weight excluding hydrogens is 594 g/mol. The van der Waals surface area contributed by atoms with Crippen LogP contribution in [0.2, 0.25) is 0 Å². The summed E-state index contributed by atoms with van der Waals surface area (Å²) in [6.45, 7) is 4.34. The highest BCUT2D eigenvalue weighted by Gasteiger charge is 2.24. The Labute approximate surface area is 282 Å². The van der Waals surface area contributed by atoms with Crippen LogP contribution in [0.15, 0.2) is 85.1 Å². The Morgan fingerprint density at radius 2 is 1.07 bits per heavy atom. The standard InChI is InChI=1S/C39H65NO5S/c1-3-5-7-9-11-13-15-16-17-18-19-20-21-22-23-24-25-27-29-31-33-35-39(42)40-37(36-46(43,44)45)38(41)34-32-30-28-26-14-12-10-8-6-4-2/h5,7,11,13-14,16-17,19-20,22-23,26,32,34,37-38,41H,3-4,6,8-10,12,15,18,21,24-25,27-31,33,35-36H2,1-2H3,(H,40,42)(H,43,44,45)/b7-5-,13-11-,17-16-,20-19-,23-22-,26-14+,34-32+. The summed E-state index contributed by atoms with van der Waals surface area (Å²) >= 11 is 0. The van der Waals surface area contributed by atoms with Crippen molar-refractivity contribution in [3.63, 3.8) is 0 Å². The molecule has 7 heteroatoms. The summed E-state index contributed by atoms with van der Waals surface area (Å²) in [6, 6.07) is -1.09. The zero-order valence-corrected chi connectivity index (χ0v) is 29.7. The Morgan fingerprint density at radius 3 is 1.63 bits per heavy atom. The van der Waals surface area contributed by atoms with E-state index in [4.69, 9.17) is 0 Å². The summed E-state index contributed by atoms with van der Waals surface area (Å²) in [4.78, 5) is 12.4. The molecule has 0 radical (unpaired) electrons. The number of allylic oxidation sites excluding steroid dienone is 13. The fourth-order valence-electron chi connectivity index (χ4n) is 4.67. The lowest BCUT2D eigenvalue weighted by molar-refractivity contribution is -0.122. The molecule has 6 nitrogen and oxygen atoms in total. The number of carbonyl (C=O) groups excluding carboxylic acids is 1. The number of nitrogens with one attached hydrogen (secondary N) is 1. The lowest BCUT2D eigenvalue weighted by Crippen LogP contribution is -2.46. The SMILES string of the molecule is CC/C=C\C/C=C\C/C=C\C/C=C\C/C=C\CCCCCCCC(=O)NC(CS(=O)(=O)O)C(O)/C=C/CC/C=C/CCCCCC. The van der Waals surface area contributed by atoms with Gasteiger partial charge < -0.3 is 10.4 Å². The molecule has 0 aromatic heterocycles. The van der Waals surface area contributed by atoms with Crippen molar-refractivity contribution in [2.24, 2.45) is 0 Å². The minimum Gasteiger partial charge on any atom is -0.387 e. The van der Waals surface area contributed by atoms with Gasteiger partial charge >= 0.3 is 0 Å². The van der Waals surface area contributed by atoms with Gasteiger partial charge in [-0.25, -0.2) is 0 Å². The predicted molar refractivity (Wildman–Crippen MR) is 197 cm³/mol. The lowest BCUT2D eigenvalue weighted by Gasteiger charge is -2.21. The summed E-state index contributed by atoms with van der Waals surface area (Å²) in [6.07, 6.45) is 47.1. The normalized spacial score (nSPS) is 14.4. The molecule has 0 aliphatic carbocycles. The van der Waals surface area contributed by atoms with Gasteiger partial charge in [0.15, 0.2) is 0 Å². The first-order valence-electron chi connectivity index (χ1n) is 17.8. The minimum atomic E-state index is -4.36. The van der Waals surface area contributed by atoms with Crippen LogP contribution >= 0.6 is 0 Å². The molecule has 0 rings (SSSR count). The van der Waals surface area contributed by atoms with Crippen molar-refractivity contribution >= 4 is 16.0 Å². The predicted octanol–water partition coefficient (Wildman–Crippen LogP) is 10.1. The second-order valence-electron chi connectivity index (χ2n) is 11.8. The van der Waals surface area contributed by atoms with Gasteiger partial charge in [0.25, 0.3) is 10.1 Å². The largest absolute Gasteiger partial charge is 0.387 e. The quantitative estimate of drug-likeness (QED) is 0.0404. The van der Waals surface area contributed by atoms with E-state index in [1.54, 1.807) is 6.08 Å². The molecule has 262 valence electrons. The number of aliphatic hydroxyl groups excluding tert-OH is 1. The van der Waals surface area contributed by atoms with Crippen LogP contribution in [0.1, 0.15) is 136 Å². The second kappa shape index (κ2) is 32.5. The number of carbonyl (C=O) groups is 1. The molecule has 1 amide bonds. The van der Waals surface area contributed by atoms with Gasteiger partial charge in [-0.3, -0.25) is 9.35 Å². The summed E-state index contributed by atoms with van der Waals surface area (Å²) in [5.74, 6) is -1.04. The van der Waals surface area contributed by atoms with Crippen LogP contribution in [-0.2, 0) is 14.9 Å². The van der Waals surface area contributed by atoms with Gasteiger partial charge in [0, 0.05) is 6.42 Å². The van der Waals surface area contributed by atoms with Crippen LogP contribution in [0.25, 0.3) is 0 Å². The van der Waals surface area contributed by atoms with Crippen LogP contribution in [0.4, 0.5) is 0 Å². The van der Waals surface area contributed by atoms with E-state index in [2.05, 4.69) is 92.1 Å². The van der Waals surface area contributed by atoms with Gasteiger partial charge in [-0.15, -0.1) is 0 Å². The maximum Gasteiger partial charge on any atom is 0.267 e. The van der Waals surface area contributed by atoms with E-state index in [9.17, 15) is 22.9 Å². The molecule has 46 heavy (non-hydrogen) atoms. The molecule has 0 saturated heterocycles. The third-order valence-electron chi connectivity index (χ3n) is 7.31. The lowest BCUT2D eigenvalue weighted by atomic mass is 10.1.